The van der Waals surface area contributed by atoms with Crippen LogP contribution < -0.4 is 5.32 Å². The third-order valence-electron chi connectivity index (χ3n) is 2.01. The largest absolute Gasteiger partial charge is 0.449 e. The highest BCUT2D eigenvalue weighted by molar-refractivity contribution is 5.66. The predicted octanol–water partition coefficient (Wildman–Crippen LogP) is 1.47. The predicted molar refractivity (Wildman–Crippen MR) is 56.4 cm³/mol. The molecule has 4 nitrogen and oxygen atoms in total. The number of nitrogens with one attached hydrogen (secondary N) is 1. The monoisotopic (exact) mass is 209 g/mol. The minimum absolute atomic E-state index is 0.204. The molecule has 1 rings (SSSR count). The van der Waals surface area contributed by atoms with Crippen molar-refractivity contribution >= 4 is 6.09 Å². The first-order valence-electron chi connectivity index (χ1n) is 4.81. The first-order valence-corrected chi connectivity index (χ1v) is 4.81. The van der Waals surface area contributed by atoms with Gasteiger partial charge in [0.15, 0.2) is 0 Å². The lowest BCUT2D eigenvalue weighted by atomic mass is 10.1. The van der Waals surface area contributed by atoms with Crippen LogP contribution >= 0.6 is 0 Å². The second-order valence-electron chi connectivity index (χ2n) is 3.10. The maximum absolute atomic E-state index is 10.7. The van der Waals surface area contributed by atoms with Gasteiger partial charge in [-0.3, -0.25) is 0 Å². The lowest BCUT2D eigenvalue weighted by Crippen LogP contribution is -2.20. The molecule has 1 amide bonds. The molecule has 1 aromatic carbocycles. The van der Waals surface area contributed by atoms with E-state index in [4.69, 9.17) is 4.74 Å². The van der Waals surface area contributed by atoms with Crippen LogP contribution in [0.15, 0.2) is 30.3 Å². The number of aliphatic hydroxyl groups is 1. The Morgan fingerprint density at radius 2 is 2.13 bits per heavy atom. The Morgan fingerprint density at radius 3 is 2.73 bits per heavy atom. The number of aliphatic hydroxyl groups excluding tert-OH is 1. The van der Waals surface area contributed by atoms with Crippen LogP contribution in [0.25, 0.3) is 0 Å². The standard InChI is InChI=1S/C11H15NO3/c1-12-11(14)15-8-7-10(13)9-5-3-2-4-6-9/h2-6,10,13H,7-8H2,1H3,(H,12,14). The molecule has 0 heterocycles. The smallest absolute Gasteiger partial charge is 0.406 e. The normalized spacial score (nSPS) is 11.9. The fraction of sp³-hybridized carbons (Fsp3) is 0.364. The van der Waals surface area contributed by atoms with Crippen molar-refractivity contribution in [3.8, 4) is 0 Å². The van der Waals surface area contributed by atoms with E-state index < -0.39 is 12.2 Å². The van der Waals surface area contributed by atoms with Gasteiger partial charge >= 0.3 is 6.09 Å². The summed E-state index contributed by atoms with van der Waals surface area (Å²) in [4.78, 5) is 10.7. The number of ether oxygens (including phenoxy) is 1. The minimum atomic E-state index is -0.587. The van der Waals surface area contributed by atoms with Crippen molar-refractivity contribution in [3.63, 3.8) is 0 Å². The maximum Gasteiger partial charge on any atom is 0.406 e. The SMILES string of the molecule is CNC(=O)OCCC(O)c1ccccc1. The van der Waals surface area contributed by atoms with E-state index in [1.807, 2.05) is 30.3 Å². The number of carbonyl (C=O) groups excluding carboxylic acids is 1. The van der Waals surface area contributed by atoms with Gasteiger partial charge < -0.3 is 15.2 Å². The molecule has 0 bridgehead atoms. The second kappa shape index (κ2) is 6.03. The van der Waals surface area contributed by atoms with E-state index >= 15 is 0 Å². The summed E-state index contributed by atoms with van der Waals surface area (Å²) in [5, 5.41) is 12.0. The summed E-state index contributed by atoms with van der Waals surface area (Å²) in [5.74, 6) is 0. The highest BCUT2D eigenvalue weighted by atomic mass is 16.5. The second-order valence-corrected chi connectivity index (χ2v) is 3.10. The van der Waals surface area contributed by atoms with E-state index in [1.165, 1.54) is 7.05 Å². The van der Waals surface area contributed by atoms with E-state index in [0.29, 0.717) is 6.42 Å². The number of hydrogen-bond donors (Lipinski definition) is 2. The summed E-state index contributed by atoms with van der Waals surface area (Å²) in [5.41, 5.74) is 0.831. The lowest BCUT2D eigenvalue weighted by Gasteiger charge is -2.10. The molecular formula is C11H15NO3. The van der Waals surface area contributed by atoms with Crippen molar-refractivity contribution in [2.75, 3.05) is 13.7 Å². The van der Waals surface area contributed by atoms with Gasteiger partial charge in [-0.25, -0.2) is 4.79 Å². The molecule has 82 valence electrons. The maximum atomic E-state index is 10.7. The number of rotatable bonds is 4. The quantitative estimate of drug-likeness (QED) is 0.789. The molecule has 15 heavy (non-hydrogen) atoms. The molecule has 0 aliphatic rings. The van der Waals surface area contributed by atoms with Crippen molar-refractivity contribution in [2.24, 2.45) is 0 Å². The highest BCUT2D eigenvalue weighted by Crippen LogP contribution is 2.15. The first-order chi connectivity index (χ1) is 7.24. The summed E-state index contributed by atoms with van der Waals surface area (Å²) in [6.07, 6.45) is -0.664. The molecule has 0 saturated heterocycles. The van der Waals surface area contributed by atoms with Crippen LogP contribution in [0, 0.1) is 0 Å². The fourth-order valence-electron chi connectivity index (χ4n) is 1.18. The molecule has 1 unspecified atom stereocenters. The zero-order chi connectivity index (χ0) is 11.1. The van der Waals surface area contributed by atoms with E-state index in [2.05, 4.69) is 5.32 Å². The van der Waals surface area contributed by atoms with Crippen LogP contribution in [-0.2, 0) is 4.74 Å². The molecule has 1 atom stereocenters. The van der Waals surface area contributed by atoms with Crippen LogP contribution in [0.2, 0.25) is 0 Å². The Balaban J connectivity index is 2.31. The molecule has 0 saturated carbocycles. The molecule has 0 aliphatic heterocycles. The molecule has 1 aromatic rings. The van der Waals surface area contributed by atoms with Crippen molar-refractivity contribution in [3.05, 3.63) is 35.9 Å². The van der Waals surface area contributed by atoms with Gasteiger partial charge in [-0.2, -0.15) is 0 Å². The summed E-state index contributed by atoms with van der Waals surface area (Å²) >= 11 is 0. The lowest BCUT2D eigenvalue weighted by molar-refractivity contribution is 0.107. The average molecular weight is 209 g/mol. The highest BCUT2D eigenvalue weighted by Gasteiger charge is 2.07. The van der Waals surface area contributed by atoms with Gasteiger partial charge in [0.05, 0.1) is 12.7 Å². The Morgan fingerprint density at radius 1 is 1.47 bits per heavy atom. The van der Waals surface area contributed by atoms with Crippen molar-refractivity contribution in [1.29, 1.82) is 0 Å². The zero-order valence-electron chi connectivity index (χ0n) is 8.64. The Bertz CT molecular complexity index is 300. The van der Waals surface area contributed by atoms with Gasteiger partial charge in [-0.1, -0.05) is 30.3 Å². The Hall–Kier alpha value is -1.55. The number of amides is 1. The van der Waals surface area contributed by atoms with E-state index in [0.717, 1.165) is 5.56 Å². The Kier molecular flexibility index (Phi) is 4.63. The third-order valence-corrected chi connectivity index (χ3v) is 2.01. The van der Waals surface area contributed by atoms with Crippen molar-refractivity contribution in [1.82, 2.24) is 5.32 Å². The summed E-state index contributed by atoms with van der Waals surface area (Å²) in [6.45, 7) is 0.204. The number of alkyl carbamates (subject to hydrolysis) is 1. The molecule has 0 fully saturated rings. The van der Waals surface area contributed by atoms with Crippen LogP contribution in [0.4, 0.5) is 4.79 Å². The summed E-state index contributed by atoms with van der Waals surface area (Å²) in [7, 11) is 1.50. The third kappa shape index (κ3) is 3.99. The molecule has 2 N–H and O–H groups in total. The Labute approximate surface area is 88.9 Å². The van der Waals surface area contributed by atoms with Gasteiger partial charge in [0.2, 0.25) is 0 Å². The van der Waals surface area contributed by atoms with E-state index in [9.17, 15) is 9.90 Å². The van der Waals surface area contributed by atoms with Gasteiger partial charge in [-0.15, -0.1) is 0 Å². The van der Waals surface area contributed by atoms with Crippen molar-refractivity contribution < 1.29 is 14.6 Å². The van der Waals surface area contributed by atoms with Crippen LogP contribution in [-0.4, -0.2) is 24.9 Å². The van der Waals surface area contributed by atoms with Gasteiger partial charge in [-0.05, 0) is 5.56 Å². The molecule has 4 heteroatoms. The van der Waals surface area contributed by atoms with E-state index in [1.54, 1.807) is 0 Å². The van der Waals surface area contributed by atoms with Crippen LogP contribution in [0.5, 0.6) is 0 Å². The van der Waals surface area contributed by atoms with E-state index in [-0.39, 0.29) is 6.61 Å². The van der Waals surface area contributed by atoms with Crippen molar-refractivity contribution in [2.45, 2.75) is 12.5 Å². The molecule has 0 aromatic heterocycles. The number of benzene rings is 1. The average Bonchev–Trinajstić information content (AvgIpc) is 2.29. The minimum Gasteiger partial charge on any atom is -0.449 e. The fourth-order valence-corrected chi connectivity index (χ4v) is 1.18. The number of hydrogen-bond acceptors (Lipinski definition) is 3. The molecular weight excluding hydrogens is 194 g/mol. The molecule has 0 spiro atoms. The van der Waals surface area contributed by atoms with Crippen LogP contribution in [0.1, 0.15) is 18.1 Å². The zero-order valence-corrected chi connectivity index (χ0v) is 8.64. The summed E-state index contributed by atoms with van der Waals surface area (Å²) < 4.78 is 4.77. The topological polar surface area (TPSA) is 58.6 Å². The van der Waals surface area contributed by atoms with Gasteiger partial charge in [0, 0.05) is 13.5 Å². The molecule has 0 aliphatic carbocycles. The molecule has 0 radical (unpaired) electrons. The van der Waals surface area contributed by atoms with Gasteiger partial charge in [0.1, 0.15) is 0 Å². The number of carbonyl (C=O) groups is 1. The first kappa shape index (κ1) is 11.5. The van der Waals surface area contributed by atoms with Crippen LogP contribution in [0.3, 0.4) is 0 Å². The van der Waals surface area contributed by atoms with Gasteiger partial charge in [0.25, 0.3) is 0 Å². The summed E-state index contributed by atoms with van der Waals surface area (Å²) in [6, 6.07) is 9.28.